The van der Waals surface area contributed by atoms with Crippen LogP contribution >= 0.6 is 0 Å². The molecule has 0 saturated carbocycles. The number of nitrogens with zero attached hydrogens (tertiary/aromatic N) is 3. The smallest absolute Gasteiger partial charge is 0.274 e. The number of hydrogen-bond acceptors (Lipinski definition) is 4. The first-order valence-corrected chi connectivity index (χ1v) is 8.63. The quantitative estimate of drug-likeness (QED) is 0.935. The molecule has 1 fully saturated rings. The van der Waals surface area contributed by atoms with Gasteiger partial charge in [-0.15, -0.1) is 0 Å². The van der Waals surface area contributed by atoms with E-state index in [9.17, 15) is 4.79 Å². The van der Waals surface area contributed by atoms with Gasteiger partial charge in [0, 0.05) is 24.8 Å². The molecule has 1 aliphatic heterocycles. The Labute approximate surface area is 143 Å². The third kappa shape index (κ3) is 3.72. The average Bonchev–Trinajstić information content (AvgIpc) is 2.62. The molecule has 3 rings (SSSR count). The van der Waals surface area contributed by atoms with Crippen LogP contribution in [0, 0.1) is 5.92 Å². The van der Waals surface area contributed by atoms with Gasteiger partial charge >= 0.3 is 0 Å². The van der Waals surface area contributed by atoms with E-state index in [1.54, 1.807) is 6.07 Å². The highest BCUT2D eigenvalue weighted by atomic mass is 16.1. The van der Waals surface area contributed by atoms with Crippen molar-refractivity contribution in [2.24, 2.45) is 5.92 Å². The maximum atomic E-state index is 12.6. The van der Waals surface area contributed by atoms with Crippen LogP contribution in [0.15, 0.2) is 36.7 Å². The Morgan fingerprint density at radius 2 is 2.17 bits per heavy atom. The lowest BCUT2D eigenvalue weighted by Gasteiger charge is -2.31. The molecule has 1 amide bonds. The van der Waals surface area contributed by atoms with Crippen LogP contribution in [0.3, 0.4) is 0 Å². The summed E-state index contributed by atoms with van der Waals surface area (Å²) in [4.78, 5) is 23.3. The molecule has 1 unspecified atom stereocenters. The molecule has 1 aliphatic rings. The highest BCUT2D eigenvalue weighted by Gasteiger charge is 2.19. The summed E-state index contributed by atoms with van der Waals surface area (Å²) < 4.78 is 0. The summed E-state index contributed by atoms with van der Waals surface area (Å²) in [5, 5.41) is 2.97. The highest BCUT2D eigenvalue weighted by molar-refractivity contribution is 6.03. The summed E-state index contributed by atoms with van der Waals surface area (Å²) in [5.74, 6) is 1.30. The van der Waals surface area contributed by atoms with Gasteiger partial charge in [-0.2, -0.15) is 0 Å². The molecule has 126 valence electrons. The van der Waals surface area contributed by atoms with E-state index >= 15 is 0 Å². The van der Waals surface area contributed by atoms with E-state index in [2.05, 4.69) is 34.0 Å². The van der Waals surface area contributed by atoms with Crippen molar-refractivity contribution in [3.63, 3.8) is 0 Å². The average molecular weight is 324 g/mol. The van der Waals surface area contributed by atoms with Crippen LogP contribution in [0.25, 0.3) is 0 Å². The molecule has 2 heterocycles. The monoisotopic (exact) mass is 324 g/mol. The normalized spacial score (nSPS) is 17.6. The maximum absolute atomic E-state index is 12.6. The molecule has 24 heavy (non-hydrogen) atoms. The van der Waals surface area contributed by atoms with Gasteiger partial charge in [-0.25, -0.2) is 9.97 Å². The van der Waals surface area contributed by atoms with Crippen molar-refractivity contribution in [1.29, 1.82) is 0 Å². The number of aromatic nitrogens is 2. The molecule has 1 N–H and O–H groups in total. The third-order valence-electron chi connectivity index (χ3n) is 4.51. The van der Waals surface area contributed by atoms with Crippen LogP contribution in [0.4, 0.5) is 11.5 Å². The summed E-state index contributed by atoms with van der Waals surface area (Å²) in [7, 11) is 0. The molecule has 0 spiro atoms. The van der Waals surface area contributed by atoms with Gasteiger partial charge in [0.05, 0.1) is 0 Å². The number of piperidine rings is 1. The lowest BCUT2D eigenvalue weighted by atomic mass is 10.0. The number of carbonyl (C=O) groups is 1. The maximum Gasteiger partial charge on any atom is 0.274 e. The molecule has 0 bridgehead atoms. The van der Waals surface area contributed by atoms with E-state index in [1.165, 1.54) is 12.7 Å². The van der Waals surface area contributed by atoms with Crippen molar-refractivity contribution in [2.45, 2.75) is 33.1 Å². The predicted octanol–water partition coefficient (Wildman–Crippen LogP) is 3.53. The zero-order chi connectivity index (χ0) is 16.9. The number of hydrogen-bond donors (Lipinski definition) is 1. The minimum atomic E-state index is -0.190. The molecule has 5 heteroatoms. The van der Waals surface area contributed by atoms with Gasteiger partial charge in [0.2, 0.25) is 0 Å². The molecule has 0 radical (unpaired) electrons. The van der Waals surface area contributed by atoms with Gasteiger partial charge < -0.3 is 10.2 Å². The van der Waals surface area contributed by atoms with E-state index < -0.39 is 0 Å². The summed E-state index contributed by atoms with van der Waals surface area (Å²) >= 11 is 0. The highest BCUT2D eigenvalue weighted by Crippen LogP contribution is 2.22. The van der Waals surface area contributed by atoms with Crippen molar-refractivity contribution in [2.75, 3.05) is 23.3 Å². The van der Waals surface area contributed by atoms with E-state index in [1.807, 2.05) is 24.3 Å². The number of para-hydroxylation sites is 1. The van der Waals surface area contributed by atoms with E-state index in [0.29, 0.717) is 11.6 Å². The topological polar surface area (TPSA) is 58.1 Å². The van der Waals surface area contributed by atoms with Crippen molar-refractivity contribution < 1.29 is 4.79 Å². The van der Waals surface area contributed by atoms with Gasteiger partial charge in [0.1, 0.15) is 17.8 Å². The first-order chi connectivity index (χ1) is 11.7. The standard InChI is InChI=1S/C19H24N4O/c1-3-15-8-4-5-9-16(15)22-19(24)17-11-18(21-13-20-17)23-10-6-7-14(2)12-23/h4-5,8-9,11,13-14H,3,6-7,10,12H2,1-2H3,(H,22,24). The van der Waals surface area contributed by atoms with E-state index in [0.717, 1.165) is 43.0 Å². The van der Waals surface area contributed by atoms with Crippen molar-refractivity contribution >= 4 is 17.4 Å². The fourth-order valence-corrected chi connectivity index (χ4v) is 3.18. The fourth-order valence-electron chi connectivity index (χ4n) is 3.18. The van der Waals surface area contributed by atoms with Gasteiger partial charge in [0.15, 0.2) is 0 Å². The van der Waals surface area contributed by atoms with Gasteiger partial charge in [0.25, 0.3) is 5.91 Å². The van der Waals surface area contributed by atoms with Crippen molar-refractivity contribution in [3.8, 4) is 0 Å². The summed E-state index contributed by atoms with van der Waals surface area (Å²) in [6.45, 7) is 6.30. The second kappa shape index (κ2) is 7.43. The number of aryl methyl sites for hydroxylation is 1. The molecule has 1 aromatic carbocycles. The lowest BCUT2D eigenvalue weighted by Crippen LogP contribution is -2.35. The summed E-state index contributed by atoms with van der Waals surface area (Å²) in [6.07, 6.45) is 4.77. The zero-order valence-corrected chi connectivity index (χ0v) is 14.3. The fraction of sp³-hybridized carbons (Fsp3) is 0.421. The molecule has 2 aromatic rings. The van der Waals surface area contributed by atoms with Crippen LogP contribution < -0.4 is 10.2 Å². The Morgan fingerprint density at radius 1 is 1.33 bits per heavy atom. The largest absolute Gasteiger partial charge is 0.356 e. The van der Waals surface area contributed by atoms with Crippen LogP contribution in [-0.4, -0.2) is 29.0 Å². The number of amides is 1. The Kier molecular flexibility index (Phi) is 5.08. The lowest BCUT2D eigenvalue weighted by molar-refractivity contribution is 0.102. The minimum Gasteiger partial charge on any atom is -0.356 e. The first kappa shape index (κ1) is 16.4. The number of carbonyl (C=O) groups excluding carboxylic acids is 1. The van der Waals surface area contributed by atoms with Crippen LogP contribution in [0.2, 0.25) is 0 Å². The van der Waals surface area contributed by atoms with Gasteiger partial charge in [-0.05, 0) is 36.8 Å². The van der Waals surface area contributed by atoms with E-state index in [4.69, 9.17) is 0 Å². The molecular formula is C19H24N4O. The van der Waals surface area contributed by atoms with Gasteiger partial charge in [-0.1, -0.05) is 32.0 Å². The second-order valence-corrected chi connectivity index (χ2v) is 6.42. The molecule has 0 aliphatic carbocycles. The Morgan fingerprint density at radius 3 is 2.96 bits per heavy atom. The number of nitrogens with one attached hydrogen (secondary N) is 1. The number of benzene rings is 1. The van der Waals surface area contributed by atoms with E-state index in [-0.39, 0.29) is 5.91 Å². The number of anilines is 2. The summed E-state index contributed by atoms with van der Waals surface area (Å²) in [5.41, 5.74) is 2.37. The van der Waals surface area contributed by atoms with Crippen LogP contribution in [0.5, 0.6) is 0 Å². The number of rotatable bonds is 4. The van der Waals surface area contributed by atoms with Gasteiger partial charge in [-0.3, -0.25) is 4.79 Å². The molecule has 1 aromatic heterocycles. The molecular weight excluding hydrogens is 300 g/mol. The molecule has 1 atom stereocenters. The SMILES string of the molecule is CCc1ccccc1NC(=O)c1cc(N2CCCC(C)C2)ncn1. The zero-order valence-electron chi connectivity index (χ0n) is 14.3. The van der Waals surface area contributed by atoms with Crippen molar-refractivity contribution in [1.82, 2.24) is 9.97 Å². The Hall–Kier alpha value is -2.43. The Bertz CT molecular complexity index is 716. The second-order valence-electron chi connectivity index (χ2n) is 6.42. The summed E-state index contributed by atoms with van der Waals surface area (Å²) in [6, 6.07) is 9.65. The third-order valence-corrected chi connectivity index (χ3v) is 4.51. The molecule has 1 saturated heterocycles. The minimum absolute atomic E-state index is 0.190. The first-order valence-electron chi connectivity index (χ1n) is 8.63. The van der Waals surface area contributed by atoms with Crippen molar-refractivity contribution in [3.05, 3.63) is 47.9 Å². The molecule has 5 nitrogen and oxygen atoms in total. The Balaban J connectivity index is 1.77. The van der Waals surface area contributed by atoms with Crippen LogP contribution in [-0.2, 0) is 6.42 Å². The van der Waals surface area contributed by atoms with Crippen LogP contribution in [0.1, 0.15) is 42.7 Å². The predicted molar refractivity (Wildman–Crippen MR) is 96.4 cm³/mol.